The first-order chi connectivity index (χ1) is 15.1. The third-order valence-electron chi connectivity index (χ3n) is 7.88. The lowest BCUT2D eigenvalue weighted by molar-refractivity contribution is -0.138. The van der Waals surface area contributed by atoms with E-state index in [9.17, 15) is 9.90 Å². The van der Waals surface area contributed by atoms with E-state index in [1.807, 2.05) is 33.0 Å². The van der Waals surface area contributed by atoms with Crippen LogP contribution < -0.4 is 0 Å². The number of fused-ring (bicyclic) bond motifs is 2. The Hall–Kier alpha value is -1.30. The third kappa shape index (κ3) is 4.67. The van der Waals surface area contributed by atoms with Gasteiger partial charge in [0.25, 0.3) is 0 Å². The third-order valence-corrected chi connectivity index (χ3v) is 8.50. The Morgan fingerprint density at radius 1 is 1.22 bits per heavy atom. The molecule has 32 heavy (non-hydrogen) atoms. The number of carbonyl (C=O) groups excluding carboxylic acids is 1. The van der Waals surface area contributed by atoms with Gasteiger partial charge in [-0.2, -0.15) is 5.10 Å². The van der Waals surface area contributed by atoms with Crippen LogP contribution in [0.1, 0.15) is 64.9 Å². The van der Waals surface area contributed by atoms with E-state index in [1.165, 1.54) is 19.3 Å². The number of benzene rings is 1. The number of likely N-dealkylation sites (tertiary alicyclic amines) is 1. The van der Waals surface area contributed by atoms with Crippen molar-refractivity contribution in [1.82, 2.24) is 14.7 Å². The Labute approximate surface area is 201 Å². The molecular weight excluding hydrogens is 445 g/mol. The first-order valence-corrected chi connectivity index (χ1v) is 12.6. The van der Waals surface area contributed by atoms with E-state index in [-0.39, 0.29) is 18.4 Å². The van der Waals surface area contributed by atoms with Gasteiger partial charge >= 0.3 is 0 Å². The molecule has 1 saturated heterocycles. The number of hydrogen-bond acceptors (Lipinski definition) is 3. The van der Waals surface area contributed by atoms with Crippen LogP contribution in [0.5, 0.6) is 0 Å². The number of aromatic nitrogens is 2. The summed E-state index contributed by atoms with van der Waals surface area (Å²) in [6.45, 7) is 6.80. The first-order valence-electron chi connectivity index (χ1n) is 11.9. The highest BCUT2D eigenvalue weighted by molar-refractivity contribution is 6.37. The van der Waals surface area contributed by atoms with Gasteiger partial charge in [0.05, 0.1) is 17.5 Å². The van der Waals surface area contributed by atoms with Crippen molar-refractivity contribution in [2.75, 3.05) is 6.54 Å². The highest BCUT2D eigenvalue weighted by atomic mass is 35.5. The van der Waals surface area contributed by atoms with Crippen LogP contribution in [0.4, 0.5) is 0 Å². The van der Waals surface area contributed by atoms with E-state index < -0.39 is 5.60 Å². The number of nitrogens with zero attached hydrogens (tertiary/aromatic N) is 3. The zero-order valence-corrected chi connectivity index (χ0v) is 21.1. The van der Waals surface area contributed by atoms with Crippen LogP contribution in [0.15, 0.2) is 12.1 Å². The maximum absolute atomic E-state index is 13.5. The molecule has 1 saturated carbocycles. The average molecular weight is 480 g/mol. The molecule has 0 spiro atoms. The zero-order valence-electron chi connectivity index (χ0n) is 19.6. The van der Waals surface area contributed by atoms with Crippen molar-refractivity contribution >= 4 is 40.0 Å². The Morgan fingerprint density at radius 3 is 2.69 bits per heavy atom. The van der Waals surface area contributed by atoms with Crippen LogP contribution in [-0.4, -0.2) is 43.9 Å². The fourth-order valence-corrected chi connectivity index (χ4v) is 6.73. The second kappa shape index (κ2) is 9.15. The summed E-state index contributed by atoms with van der Waals surface area (Å²) < 4.78 is 1.73. The SMILES string of the molecule is C[C@H]1[C@H]2CCC[C@@H](CCC(C)(C)O)[C@@H]2CCN1C(=O)Cc1c(Cl)ccc2c1c(Cl)nn2C. The number of carbonyl (C=O) groups is 1. The van der Waals surface area contributed by atoms with E-state index >= 15 is 0 Å². The van der Waals surface area contributed by atoms with Crippen molar-refractivity contribution in [3.8, 4) is 0 Å². The number of hydrogen-bond donors (Lipinski definition) is 1. The number of aryl methyl sites for hydroxylation is 1. The smallest absolute Gasteiger partial charge is 0.227 e. The average Bonchev–Trinajstić information content (AvgIpc) is 3.01. The van der Waals surface area contributed by atoms with E-state index in [2.05, 4.69) is 16.9 Å². The van der Waals surface area contributed by atoms with Crippen molar-refractivity contribution < 1.29 is 9.90 Å². The first kappa shape index (κ1) is 23.8. The number of halogens is 2. The van der Waals surface area contributed by atoms with Gasteiger partial charge in [-0.25, -0.2) is 0 Å². The van der Waals surface area contributed by atoms with Gasteiger partial charge in [-0.15, -0.1) is 0 Å². The normalized spacial score (nSPS) is 26.4. The van der Waals surface area contributed by atoms with Crippen molar-refractivity contribution in [1.29, 1.82) is 0 Å². The topological polar surface area (TPSA) is 58.4 Å². The standard InChI is InChI=1S/C25H35Cl2N3O2/c1-15-17-7-5-6-16(10-12-25(2,3)32)18(17)11-13-30(15)22(31)14-19-20(26)8-9-21-23(19)24(27)28-29(21)4/h8-9,15-18,32H,5-7,10-14H2,1-4H3/t15-,16-,17+,18-/m0/s1. The summed E-state index contributed by atoms with van der Waals surface area (Å²) in [7, 11) is 1.85. The number of piperidine rings is 1. The molecule has 0 unspecified atom stereocenters. The number of aliphatic hydroxyl groups is 1. The molecule has 1 amide bonds. The Bertz CT molecular complexity index is 997. The van der Waals surface area contributed by atoms with Gasteiger partial charge < -0.3 is 10.0 Å². The molecule has 2 fully saturated rings. The Kier molecular flexibility index (Phi) is 6.82. The molecule has 0 radical (unpaired) electrons. The maximum Gasteiger partial charge on any atom is 0.227 e. The lowest BCUT2D eigenvalue weighted by Crippen LogP contribution is -2.53. The van der Waals surface area contributed by atoms with Crippen molar-refractivity contribution in [2.24, 2.45) is 24.8 Å². The molecule has 2 aliphatic rings. The predicted molar refractivity (Wildman–Crippen MR) is 130 cm³/mol. The van der Waals surface area contributed by atoms with Crippen molar-refractivity contribution in [3.63, 3.8) is 0 Å². The maximum atomic E-state index is 13.5. The molecule has 4 atom stereocenters. The summed E-state index contributed by atoms with van der Waals surface area (Å²) >= 11 is 12.9. The van der Waals surface area contributed by atoms with E-state index in [0.717, 1.165) is 42.3 Å². The molecule has 1 aromatic heterocycles. The van der Waals surface area contributed by atoms with Crippen molar-refractivity contribution in [2.45, 2.75) is 77.4 Å². The highest BCUT2D eigenvalue weighted by Gasteiger charge is 2.42. The molecule has 1 N–H and O–H groups in total. The molecule has 0 bridgehead atoms. The highest BCUT2D eigenvalue weighted by Crippen LogP contribution is 2.45. The minimum atomic E-state index is -0.608. The van der Waals surface area contributed by atoms with Gasteiger partial charge in [-0.3, -0.25) is 9.48 Å². The Balaban J connectivity index is 1.50. The number of rotatable bonds is 5. The van der Waals surface area contributed by atoms with Crippen LogP contribution in [0.2, 0.25) is 10.2 Å². The van der Waals surface area contributed by atoms with E-state index in [1.54, 1.807) is 4.68 Å². The molecule has 1 aliphatic carbocycles. The van der Waals surface area contributed by atoms with E-state index in [4.69, 9.17) is 23.2 Å². The summed E-state index contributed by atoms with van der Waals surface area (Å²) in [6, 6.07) is 3.94. The summed E-state index contributed by atoms with van der Waals surface area (Å²) in [5.74, 6) is 1.94. The van der Waals surface area contributed by atoms with Crippen LogP contribution in [-0.2, 0) is 18.3 Å². The molecule has 5 nitrogen and oxygen atoms in total. The monoisotopic (exact) mass is 479 g/mol. The van der Waals surface area contributed by atoms with Gasteiger partial charge in [0.1, 0.15) is 0 Å². The summed E-state index contributed by atoms with van der Waals surface area (Å²) in [4.78, 5) is 15.5. The Morgan fingerprint density at radius 2 is 1.97 bits per heavy atom. The molecule has 7 heteroatoms. The van der Waals surface area contributed by atoms with Crippen LogP contribution >= 0.6 is 23.2 Å². The molecule has 176 valence electrons. The van der Waals surface area contributed by atoms with Crippen LogP contribution in [0, 0.1) is 17.8 Å². The number of amides is 1. The summed E-state index contributed by atoms with van der Waals surface area (Å²) in [6.07, 6.45) is 6.83. The molecular formula is C25H35Cl2N3O2. The largest absolute Gasteiger partial charge is 0.390 e. The predicted octanol–water partition coefficient (Wildman–Crippen LogP) is 5.63. The molecule has 2 heterocycles. The lowest BCUT2D eigenvalue weighted by Gasteiger charge is -2.50. The van der Waals surface area contributed by atoms with Crippen molar-refractivity contribution in [3.05, 3.63) is 27.9 Å². The lowest BCUT2D eigenvalue weighted by atomic mass is 9.64. The molecule has 1 aromatic carbocycles. The molecule has 4 rings (SSSR count). The minimum Gasteiger partial charge on any atom is -0.390 e. The van der Waals surface area contributed by atoms with Gasteiger partial charge in [0, 0.05) is 30.0 Å². The second-order valence-corrected chi connectivity index (χ2v) is 11.3. The fraction of sp³-hybridized carbons (Fsp3) is 0.680. The minimum absolute atomic E-state index is 0.115. The van der Waals surface area contributed by atoms with Crippen LogP contribution in [0.3, 0.4) is 0 Å². The second-order valence-electron chi connectivity index (χ2n) is 10.5. The fourth-order valence-electron chi connectivity index (χ4n) is 6.19. The summed E-state index contributed by atoms with van der Waals surface area (Å²) in [5.41, 5.74) is 1.05. The quantitative estimate of drug-likeness (QED) is 0.604. The van der Waals surface area contributed by atoms with Crippen LogP contribution in [0.25, 0.3) is 10.9 Å². The molecule has 2 aromatic rings. The van der Waals surface area contributed by atoms with Gasteiger partial charge in [-0.1, -0.05) is 36.0 Å². The zero-order chi connectivity index (χ0) is 23.2. The summed E-state index contributed by atoms with van der Waals surface area (Å²) in [5, 5.41) is 16.2. The van der Waals surface area contributed by atoms with Gasteiger partial charge in [0.15, 0.2) is 5.15 Å². The molecule has 1 aliphatic heterocycles. The van der Waals surface area contributed by atoms with Gasteiger partial charge in [0.2, 0.25) is 5.91 Å². The van der Waals surface area contributed by atoms with E-state index in [0.29, 0.717) is 27.9 Å². The van der Waals surface area contributed by atoms with Gasteiger partial charge in [-0.05, 0) is 81.9 Å².